The Hall–Kier alpha value is -2.67. The molecule has 0 radical (unpaired) electrons. The molecular weight excluding hydrogens is 338 g/mol. The van der Waals surface area contributed by atoms with Gasteiger partial charge in [-0.1, -0.05) is 6.07 Å². The summed E-state index contributed by atoms with van der Waals surface area (Å²) in [6.45, 7) is 9.27. The van der Waals surface area contributed by atoms with E-state index in [1.807, 2.05) is 47.0 Å². The van der Waals surface area contributed by atoms with E-state index >= 15 is 0 Å². The number of likely N-dealkylation sites (N-methyl/N-ethyl adjacent to an activating group) is 1. The Balaban J connectivity index is 2.04. The molecule has 1 heterocycles. The zero-order chi connectivity index (χ0) is 20.0. The van der Waals surface area contributed by atoms with Crippen molar-refractivity contribution in [2.45, 2.75) is 40.4 Å². The van der Waals surface area contributed by atoms with Crippen LogP contribution in [-0.4, -0.2) is 49.2 Å². The molecule has 2 rings (SSSR count). The number of amidine groups is 1. The molecule has 7 heteroatoms. The Bertz CT molecular complexity index is 784. The lowest BCUT2D eigenvalue weighted by molar-refractivity contribution is 0.464. The zero-order valence-electron chi connectivity index (χ0n) is 17.2. The smallest absolute Gasteiger partial charge is 0.203 e. The molecule has 4 N–H and O–H groups in total. The summed E-state index contributed by atoms with van der Waals surface area (Å²) >= 11 is 0. The highest BCUT2D eigenvalue weighted by Gasteiger charge is 2.14. The van der Waals surface area contributed by atoms with E-state index in [0.717, 1.165) is 35.4 Å². The van der Waals surface area contributed by atoms with E-state index in [1.54, 1.807) is 0 Å². The van der Waals surface area contributed by atoms with Gasteiger partial charge in [-0.15, -0.1) is 0 Å². The lowest BCUT2D eigenvalue weighted by atomic mass is 10.1. The highest BCUT2D eigenvalue weighted by molar-refractivity contribution is 6.07. The maximum absolute atomic E-state index is 5.69. The van der Waals surface area contributed by atoms with Gasteiger partial charge in [0.15, 0.2) is 0 Å². The van der Waals surface area contributed by atoms with Gasteiger partial charge in [-0.05, 0) is 71.1 Å². The first kappa shape index (κ1) is 20.6. The van der Waals surface area contributed by atoms with Crippen LogP contribution in [0.4, 0.5) is 5.69 Å². The number of guanidine groups is 1. The molecule has 1 aromatic carbocycles. The van der Waals surface area contributed by atoms with Crippen molar-refractivity contribution >= 4 is 23.2 Å². The molecule has 0 aromatic heterocycles. The number of aryl methyl sites for hydroxylation is 1. The highest BCUT2D eigenvalue weighted by Crippen LogP contribution is 2.17. The number of benzene rings is 1. The van der Waals surface area contributed by atoms with Crippen molar-refractivity contribution in [1.82, 2.24) is 10.2 Å². The van der Waals surface area contributed by atoms with Gasteiger partial charge in [0.05, 0.1) is 13.1 Å². The van der Waals surface area contributed by atoms with E-state index in [2.05, 4.69) is 49.6 Å². The summed E-state index contributed by atoms with van der Waals surface area (Å²) < 4.78 is 0. The highest BCUT2D eigenvalue weighted by atomic mass is 15.3. The van der Waals surface area contributed by atoms with Gasteiger partial charge in [0, 0.05) is 17.1 Å². The Morgan fingerprint density at radius 2 is 2.07 bits per heavy atom. The van der Waals surface area contributed by atoms with Crippen LogP contribution in [-0.2, 0) is 6.54 Å². The van der Waals surface area contributed by atoms with Crippen LogP contribution < -0.4 is 16.4 Å². The number of nitrogens with two attached hydrogens (primary N) is 1. The van der Waals surface area contributed by atoms with Gasteiger partial charge in [-0.2, -0.15) is 0 Å². The van der Waals surface area contributed by atoms with Gasteiger partial charge in [0.25, 0.3) is 0 Å². The van der Waals surface area contributed by atoms with Crippen molar-refractivity contribution < 1.29 is 0 Å². The fourth-order valence-electron chi connectivity index (χ4n) is 2.76. The average Bonchev–Trinajstić information content (AvgIpc) is 2.52. The Kier molecular flexibility index (Phi) is 7.12. The largest absolute Gasteiger partial charge is 0.402 e. The number of allylic oxidation sites excluding steroid dienone is 2. The summed E-state index contributed by atoms with van der Waals surface area (Å²) in [6, 6.07) is 6.25. The van der Waals surface area contributed by atoms with Gasteiger partial charge in [-0.25, -0.2) is 9.98 Å². The van der Waals surface area contributed by atoms with E-state index < -0.39 is 0 Å². The van der Waals surface area contributed by atoms with Crippen LogP contribution in [0.1, 0.15) is 31.9 Å². The van der Waals surface area contributed by atoms with Crippen LogP contribution in [0.5, 0.6) is 0 Å². The summed E-state index contributed by atoms with van der Waals surface area (Å²) in [5, 5.41) is 6.61. The molecule has 0 saturated carbocycles. The quantitative estimate of drug-likeness (QED) is 0.672. The minimum absolute atomic E-state index is 0.0968. The van der Waals surface area contributed by atoms with Crippen molar-refractivity contribution in [3.63, 3.8) is 0 Å². The number of aliphatic imine (C=N–C) groups is 3. The molecule has 1 aromatic rings. The number of rotatable bonds is 6. The molecule has 0 fully saturated rings. The molecule has 0 unspecified atom stereocenters. The lowest BCUT2D eigenvalue weighted by Gasteiger charge is -2.22. The third-order valence-corrected chi connectivity index (χ3v) is 3.93. The van der Waals surface area contributed by atoms with Crippen LogP contribution in [0.3, 0.4) is 0 Å². The van der Waals surface area contributed by atoms with E-state index in [9.17, 15) is 0 Å². The third-order valence-electron chi connectivity index (χ3n) is 3.93. The average molecular weight is 370 g/mol. The first-order valence-corrected chi connectivity index (χ1v) is 9.10. The normalized spacial score (nSPS) is 18.1. The summed E-state index contributed by atoms with van der Waals surface area (Å²) in [4.78, 5) is 15.7. The summed E-state index contributed by atoms with van der Waals surface area (Å²) in [5.41, 5.74) is 10.7. The minimum Gasteiger partial charge on any atom is -0.402 e. The standard InChI is InChI=1S/C20H31N7/c1-13-9-18(8-7-17(13)11-22-15(3)10-14(2)21)25-20-24-16(4)23-19(26-20)12-27(5)6/h7-10,16H,11-12,21H2,1-6H3,(H2,23,24,25,26)/b14-10-,22-15?/t16-/m0/s1. The topological polar surface area (TPSA) is 90.4 Å². The maximum atomic E-state index is 5.69. The van der Waals surface area contributed by atoms with Crippen LogP contribution in [0.2, 0.25) is 0 Å². The SMILES string of the molecule is CC(/C=C(/C)N)=NCc1ccc(NC2=N[C@@H](C)N=C(CN(C)C)N2)cc1C. The van der Waals surface area contributed by atoms with Crippen molar-refractivity contribution in [3.05, 3.63) is 41.1 Å². The molecule has 1 aliphatic heterocycles. The predicted octanol–water partition coefficient (Wildman–Crippen LogP) is 2.50. The molecule has 0 amide bonds. The number of nitrogens with one attached hydrogen (secondary N) is 2. The van der Waals surface area contributed by atoms with Crippen LogP contribution in [0.15, 0.2) is 44.9 Å². The first-order chi connectivity index (χ1) is 12.7. The Morgan fingerprint density at radius 1 is 1.33 bits per heavy atom. The van der Waals surface area contributed by atoms with E-state index in [-0.39, 0.29) is 6.17 Å². The van der Waals surface area contributed by atoms with Crippen molar-refractivity contribution in [2.24, 2.45) is 20.7 Å². The summed E-state index contributed by atoms with van der Waals surface area (Å²) in [7, 11) is 4.04. The van der Waals surface area contributed by atoms with Crippen LogP contribution in [0.25, 0.3) is 0 Å². The number of anilines is 1. The maximum Gasteiger partial charge on any atom is 0.203 e. The molecule has 27 heavy (non-hydrogen) atoms. The lowest BCUT2D eigenvalue weighted by Crippen LogP contribution is -2.44. The van der Waals surface area contributed by atoms with E-state index in [1.165, 1.54) is 11.1 Å². The second-order valence-corrected chi connectivity index (χ2v) is 7.16. The fraction of sp³-hybridized carbons (Fsp3) is 0.450. The van der Waals surface area contributed by atoms with E-state index in [0.29, 0.717) is 6.54 Å². The third kappa shape index (κ3) is 6.86. The summed E-state index contributed by atoms with van der Waals surface area (Å²) in [6.07, 6.45) is 1.78. The molecule has 1 atom stereocenters. The minimum atomic E-state index is -0.0968. The molecule has 0 aliphatic carbocycles. The van der Waals surface area contributed by atoms with Crippen LogP contribution in [0, 0.1) is 6.92 Å². The van der Waals surface area contributed by atoms with Crippen molar-refractivity contribution in [3.8, 4) is 0 Å². The summed E-state index contributed by atoms with van der Waals surface area (Å²) in [5.74, 6) is 1.63. The fourth-order valence-corrected chi connectivity index (χ4v) is 2.76. The van der Waals surface area contributed by atoms with Gasteiger partial charge < -0.3 is 21.3 Å². The van der Waals surface area contributed by atoms with Gasteiger partial charge >= 0.3 is 0 Å². The molecule has 0 spiro atoms. The number of hydrogen-bond donors (Lipinski definition) is 3. The monoisotopic (exact) mass is 369 g/mol. The van der Waals surface area contributed by atoms with Gasteiger partial charge in [-0.3, -0.25) is 4.99 Å². The molecule has 0 bridgehead atoms. The van der Waals surface area contributed by atoms with Crippen molar-refractivity contribution in [2.75, 3.05) is 26.0 Å². The van der Waals surface area contributed by atoms with Gasteiger partial charge in [0.1, 0.15) is 12.0 Å². The first-order valence-electron chi connectivity index (χ1n) is 9.10. The second kappa shape index (κ2) is 9.32. The number of nitrogens with zero attached hydrogens (tertiary/aromatic N) is 4. The van der Waals surface area contributed by atoms with Gasteiger partial charge in [0.2, 0.25) is 5.96 Å². The van der Waals surface area contributed by atoms with Crippen molar-refractivity contribution in [1.29, 1.82) is 0 Å². The second-order valence-electron chi connectivity index (χ2n) is 7.16. The molecule has 146 valence electrons. The Labute approximate surface area is 162 Å². The van der Waals surface area contributed by atoms with E-state index in [4.69, 9.17) is 5.73 Å². The van der Waals surface area contributed by atoms with Crippen LogP contribution >= 0.6 is 0 Å². The molecule has 1 aliphatic rings. The number of hydrogen-bond acceptors (Lipinski definition) is 7. The molecule has 0 saturated heterocycles. The zero-order valence-corrected chi connectivity index (χ0v) is 17.2. The predicted molar refractivity (Wildman–Crippen MR) is 116 cm³/mol. The molecular formula is C20H31N7. The Morgan fingerprint density at radius 3 is 2.70 bits per heavy atom. The molecule has 7 nitrogen and oxygen atoms in total.